The van der Waals surface area contributed by atoms with Crippen LogP contribution in [0.3, 0.4) is 0 Å². The lowest BCUT2D eigenvalue weighted by atomic mass is 9.93. The van der Waals surface area contributed by atoms with Crippen molar-refractivity contribution in [3.8, 4) is 0 Å². The number of hydrogen-bond donors (Lipinski definition) is 0. The summed E-state index contributed by atoms with van der Waals surface area (Å²) in [4.78, 5) is 4.78. The van der Waals surface area contributed by atoms with Crippen molar-refractivity contribution in [2.75, 3.05) is 37.6 Å². The first-order valence-electron chi connectivity index (χ1n) is 7.85. The van der Waals surface area contributed by atoms with Crippen molar-refractivity contribution in [2.24, 2.45) is 11.8 Å². The van der Waals surface area contributed by atoms with Gasteiger partial charge in [0.2, 0.25) is 0 Å². The van der Waals surface area contributed by atoms with Gasteiger partial charge in [-0.3, -0.25) is 0 Å². The van der Waals surface area contributed by atoms with Crippen molar-refractivity contribution < 1.29 is 4.39 Å². The van der Waals surface area contributed by atoms with Gasteiger partial charge in [0.15, 0.2) is 0 Å². The summed E-state index contributed by atoms with van der Waals surface area (Å²) in [6.07, 6.45) is 2.39. The zero-order chi connectivity index (χ0) is 14.1. The van der Waals surface area contributed by atoms with E-state index in [0.717, 1.165) is 36.2 Å². The van der Waals surface area contributed by atoms with Crippen molar-refractivity contribution in [1.29, 1.82) is 0 Å². The highest BCUT2D eigenvalue weighted by atomic mass is 19.1. The molecule has 3 rings (SSSR count). The van der Waals surface area contributed by atoms with Gasteiger partial charge in [-0.05, 0) is 49.3 Å². The summed E-state index contributed by atoms with van der Waals surface area (Å²) in [7, 11) is 0. The van der Waals surface area contributed by atoms with Crippen molar-refractivity contribution in [3.05, 3.63) is 29.6 Å². The van der Waals surface area contributed by atoms with Crippen LogP contribution in [0.15, 0.2) is 18.2 Å². The summed E-state index contributed by atoms with van der Waals surface area (Å²) in [5.74, 6) is 1.61. The van der Waals surface area contributed by atoms with Gasteiger partial charge < -0.3 is 9.80 Å². The van der Waals surface area contributed by atoms with Crippen LogP contribution in [0.5, 0.6) is 0 Å². The summed E-state index contributed by atoms with van der Waals surface area (Å²) in [5, 5.41) is 0. The van der Waals surface area contributed by atoms with Crippen LogP contribution in [0.1, 0.15) is 25.3 Å². The average molecular weight is 276 g/mol. The monoisotopic (exact) mass is 276 g/mol. The van der Waals surface area contributed by atoms with E-state index >= 15 is 0 Å². The third-order valence-corrected chi connectivity index (χ3v) is 4.71. The Morgan fingerprint density at radius 1 is 1.20 bits per heavy atom. The first kappa shape index (κ1) is 13.9. The van der Waals surface area contributed by atoms with E-state index in [1.54, 1.807) is 6.07 Å². The molecule has 2 heterocycles. The van der Waals surface area contributed by atoms with Crippen LogP contribution in [0.2, 0.25) is 0 Å². The molecule has 2 nitrogen and oxygen atoms in total. The van der Waals surface area contributed by atoms with E-state index in [4.69, 9.17) is 0 Å². The van der Waals surface area contributed by atoms with E-state index in [9.17, 15) is 4.39 Å². The fourth-order valence-corrected chi connectivity index (χ4v) is 3.57. The molecule has 2 aliphatic rings. The second kappa shape index (κ2) is 5.72. The molecule has 0 saturated carbocycles. The molecule has 0 spiro atoms. The molecular formula is C17H25FN2. The molecule has 0 amide bonds. The quantitative estimate of drug-likeness (QED) is 0.836. The molecule has 1 aromatic carbocycles. The van der Waals surface area contributed by atoms with Gasteiger partial charge in [0, 0.05) is 32.7 Å². The van der Waals surface area contributed by atoms with Gasteiger partial charge in [0.25, 0.3) is 0 Å². The Kier molecular flexibility index (Phi) is 3.97. The number of rotatable bonds is 3. The van der Waals surface area contributed by atoms with Gasteiger partial charge >= 0.3 is 0 Å². The van der Waals surface area contributed by atoms with Gasteiger partial charge in [-0.15, -0.1) is 0 Å². The molecule has 2 fully saturated rings. The number of nitrogens with zero attached hydrogens (tertiary/aromatic N) is 2. The molecule has 20 heavy (non-hydrogen) atoms. The summed E-state index contributed by atoms with van der Waals surface area (Å²) in [6.45, 7) is 10.0. The van der Waals surface area contributed by atoms with Gasteiger partial charge in [-0.2, -0.15) is 0 Å². The predicted octanol–water partition coefficient (Wildman–Crippen LogP) is 3.30. The lowest BCUT2D eigenvalue weighted by Gasteiger charge is -2.42. The van der Waals surface area contributed by atoms with E-state index in [0.29, 0.717) is 0 Å². The molecule has 1 aromatic rings. The lowest BCUT2D eigenvalue weighted by Crippen LogP contribution is -2.48. The normalized spacial score (nSPS) is 22.1. The second-order valence-electron chi connectivity index (χ2n) is 6.71. The molecule has 0 bridgehead atoms. The number of hydrogen-bond acceptors (Lipinski definition) is 2. The number of benzene rings is 1. The minimum Gasteiger partial charge on any atom is -0.369 e. The molecule has 0 N–H and O–H groups in total. The van der Waals surface area contributed by atoms with Gasteiger partial charge in [0.1, 0.15) is 5.82 Å². The Balaban J connectivity index is 1.53. The molecule has 0 atom stereocenters. The van der Waals surface area contributed by atoms with Crippen LogP contribution in [0.4, 0.5) is 10.1 Å². The standard InChI is InChI=1S/C17H25FN2/c1-13-3-4-17(16(18)9-13)20-7-5-15(6-8-20)12-19-10-14(2)11-19/h3-4,9,14-15H,5-8,10-12H2,1-2H3. The summed E-state index contributed by atoms with van der Waals surface area (Å²) >= 11 is 0. The number of likely N-dealkylation sites (tertiary alicyclic amines) is 1. The number of aryl methyl sites for hydroxylation is 1. The fourth-order valence-electron chi connectivity index (χ4n) is 3.57. The average Bonchev–Trinajstić information content (AvgIpc) is 2.38. The molecule has 2 aliphatic heterocycles. The van der Waals surface area contributed by atoms with E-state index in [1.807, 2.05) is 19.1 Å². The Labute approximate surface area is 121 Å². The van der Waals surface area contributed by atoms with Gasteiger partial charge in [-0.25, -0.2) is 4.39 Å². The first-order chi connectivity index (χ1) is 9.61. The predicted molar refractivity (Wildman–Crippen MR) is 81.7 cm³/mol. The minimum absolute atomic E-state index is 0.0694. The highest BCUT2D eigenvalue weighted by Crippen LogP contribution is 2.28. The van der Waals surface area contributed by atoms with Crippen LogP contribution >= 0.6 is 0 Å². The summed E-state index contributed by atoms with van der Waals surface area (Å²) in [6, 6.07) is 5.58. The van der Waals surface area contributed by atoms with Crippen molar-refractivity contribution in [2.45, 2.75) is 26.7 Å². The molecule has 0 aliphatic carbocycles. The molecule has 2 saturated heterocycles. The Hall–Kier alpha value is -1.09. The van der Waals surface area contributed by atoms with Crippen LogP contribution < -0.4 is 4.90 Å². The summed E-state index contributed by atoms with van der Waals surface area (Å²) < 4.78 is 14.0. The van der Waals surface area contributed by atoms with Crippen LogP contribution in [0, 0.1) is 24.6 Å². The molecule has 3 heteroatoms. The van der Waals surface area contributed by atoms with Crippen molar-refractivity contribution in [1.82, 2.24) is 4.90 Å². The van der Waals surface area contributed by atoms with Crippen LogP contribution in [0.25, 0.3) is 0 Å². The second-order valence-corrected chi connectivity index (χ2v) is 6.71. The minimum atomic E-state index is -0.0694. The summed E-state index contributed by atoms with van der Waals surface area (Å²) in [5.41, 5.74) is 1.78. The van der Waals surface area contributed by atoms with E-state index in [1.165, 1.54) is 32.5 Å². The third-order valence-electron chi connectivity index (χ3n) is 4.71. The van der Waals surface area contributed by atoms with E-state index in [-0.39, 0.29) is 5.82 Å². The Morgan fingerprint density at radius 2 is 1.90 bits per heavy atom. The lowest BCUT2D eigenvalue weighted by molar-refractivity contribution is 0.0865. The molecule has 0 aromatic heterocycles. The molecular weight excluding hydrogens is 251 g/mol. The zero-order valence-corrected chi connectivity index (χ0v) is 12.6. The highest BCUT2D eigenvalue weighted by Gasteiger charge is 2.27. The largest absolute Gasteiger partial charge is 0.369 e. The number of anilines is 1. The van der Waals surface area contributed by atoms with E-state index < -0.39 is 0 Å². The van der Waals surface area contributed by atoms with Gasteiger partial charge in [-0.1, -0.05) is 13.0 Å². The zero-order valence-electron chi connectivity index (χ0n) is 12.6. The fraction of sp³-hybridized carbons (Fsp3) is 0.647. The number of halogens is 1. The highest BCUT2D eigenvalue weighted by molar-refractivity contribution is 5.49. The third kappa shape index (κ3) is 2.98. The Morgan fingerprint density at radius 3 is 2.50 bits per heavy atom. The van der Waals surface area contributed by atoms with Crippen LogP contribution in [-0.2, 0) is 0 Å². The molecule has 110 valence electrons. The smallest absolute Gasteiger partial charge is 0.146 e. The first-order valence-corrected chi connectivity index (χ1v) is 7.85. The van der Waals surface area contributed by atoms with Gasteiger partial charge in [0.05, 0.1) is 5.69 Å². The number of piperidine rings is 1. The van der Waals surface area contributed by atoms with Crippen molar-refractivity contribution in [3.63, 3.8) is 0 Å². The maximum atomic E-state index is 14.0. The maximum Gasteiger partial charge on any atom is 0.146 e. The topological polar surface area (TPSA) is 6.48 Å². The SMILES string of the molecule is Cc1ccc(N2CCC(CN3CC(C)C3)CC2)c(F)c1. The maximum absolute atomic E-state index is 14.0. The Bertz CT molecular complexity index is 460. The molecule has 0 unspecified atom stereocenters. The van der Waals surface area contributed by atoms with Crippen LogP contribution in [-0.4, -0.2) is 37.6 Å². The van der Waals surface area contributed by atoms with E-state index in [2.05, 4.69) is 16.7 Å². The molecule has 0 radical (unpaired) electrons. The van der Waals surface area contributed by atoms with Crippen molar-refractivity contribution >= 4 is 5.69 Å².